The van der Waals surface area contributed by atoms with Crippen LogP contribution in [-0.2, 0) is 25.4 Å². The molecule has 0 aliphatic rings. The van der Waals surface area contributed by atoms with Gasteiger partial charge in [-0.2, -0.15) is 5.10 Å². The van der Waals surface area contributed by atoms with Crippen molar-refractivity contribution in [2.75, 3.05) is 18.9 Å². The molecule has 154 valence electrons. The molecule has 0 spiro atoms. The maximum atomic E-state index is 12.9. The topological polar surface area (TPSA) is 77.1 Å². The molecule has 29 heavy (non-hydrogen) atoms. The summed E-state index contributed by atoms with van der Waals surface area (Å²) in [7, 11) is 5.60. The van der Waals surface area contributed by atoms with Gasteiger partial charge in [-0.15, -0.1) is 0 Å². The lowest BCUT2D eigenvalue weighted by Gasteiger charge is -2.16. The minimum absolute atomic E-state index is 0.173. The minimum atomic E-state index is -0.244. The van der Waals surface area contributed by atoms with E-state index in [4.69, 9.17) is 0 Å². The summed E-state index contributed by atoms with van der Waals surface area (Å²) in [4.78, 5) is 27.5. The molecule has 8 nitrogen and oxygen atoms in total. The van der Waals surface area contributed by atoms with E-state index in [1.165, 1.54) is 0 Å². The van der Waals surface area contributed by atoms with Gasteiger partial charge in [0.25, 0.3) is 5.56 Å². The van der Waals surface area contributed by atoms with E-state index < -0.39 is 0 Å². The number of aryl methyl sites for hydroxylation is 2. The van der Waals surface area contributed by atoms with E-state index in [0.29, 0.717) is 17.9 Å². The summed E-state index contributed by atoms with van der Waals surface area (Å²) in [5, 5.41) is 7.22. The van der Waals surface area contributed by atoms with Gasteiger partial charge in [0.05, 0.1) is 23.6 Å². The van der Waals surface area contributed by atoms with Crippen LogP contribution in [0.4, 0.5) is 5.69 Å². The van der Waals surface area contributed by atoms with Gasteiger partial charge in [0.15, 0.2) is 0 Å². The molecule has 0 radical (unpaired) electrons. The first-order valence-corrected chi connectivity index (χ1v) is 9.52. The highest BCUT2D eigenvalue weighted by Gasteiger charge is 2.19. The van der Waals surface area contributed by atoms with Crippen LogP contribution in [0.25, 0.3) is 5.69 Å². The monoisotopic (exact) mass is 396 g/mol. The molecule has 3 rings (SSSR count). The van der Waals surface area contributed by atoms with Crippen LogP contribution in [-0.4, -0.2) is 43.5 Å². The first-order chi connectivity index (χ1) is 13.7. The highest BCUT2D eigenvalue weighted by atomic mass is 16.2. The van der Waals surface area contributed by atoms with E-state index in [9.17, 15) is 9.59 Å². The van der Waals surface area contributed by atoms with Crippen LogP contribution in [0, 0.1) is 20.8 Å². The number of carbonyl (C=O) groups is 1. The van der Waals surface area contributed by atoms with E-state index in [-0.39, 0.29) is 18.0 Å². The second kappa shape index (κ2) is 8.08. The average molecular weight is 396 g/mol. The number of para-hydroxylation sites is 1. The lowest BCUT2D eigenvalue weighted by molar-refractivity contribution is -0.117. The third kappa shape index (κ3) is 4.02. The van der Waals surface area contributed by atoms with Crippen LogP contribution in [0.15, 0.2) is 35.1 Å². The number of nitrogens with zero attached hydrogens (tertiary/aromatic N) is 5. The molecule has 0 aliphatic heterocycles. The van der Waals surface area contributed by atoms with E-state index >= 15 is 0 Å². The standard InChI is InChI=1S/C21H28N6O2/c1-14-18(15(2)25(5)23-14)12-24(4)13-19(28)22-20-16(3)26(6)27(21(20)29)17-10-8-7-9-11-17/h7-11H,12-13H2,1-6H3,(H,22,28). The smallest absolute Gasteiger partial charge is 0.295 e. The first-order valence-electron chi connectivity index (χ1n) is 9.52. The molecule has 1 N–H and O–H groups in total. The maximum absolute atomic E-state index is 12.9. The van der Waals surface area contributed by atoms with Crippen molar-refractivity contribution in [1.29, 1.82) is 0 Å². The van der Waals surface area contributed by atoms with E-state index in [1.54, 1.807) is 16.4 Å². The van der Waals surface area contributed by atoms with Gasteiger partial charge in [0, 0.05) is 31.9 Å². The van der Waals surface area contributed by atoms with E-state index in [2.05, 4.69) is 10.4 Å². The summed E-state index contributed by atoms with van der Waals surface area (Å²) < 4.78 is 5.15. The molecule has 1 aromatic carbocycles. The molecule has 0 aliphatic carbocycles. The lowest BCUT2D eigenvalue weighted by Crippen LogP contribution is -2.32. The van der Waals surface area contributed by atoms with Crippen molar-refractivity contribution in [1.82, 2.24) is 24.0 Å². The van der Waals surface area contributed by atoms with Gasteiger partial charge >= 0.3 is 0 Å². The summed E-state index contributed by atoms with van der Waals surface area (Å²) >= 11 is 0. The van der Waals surface area contributed by atoms with Gasteiger partial charge in [-0.25, -0.2) is 4.68 Å². The zero-order valence-corrected chi connectivity index (χ0v) is 17.9. The van der Waals surface area contributed by atoms with Crippen LogP contribution >= 0.6 is 0 Å². The van der Waals surface area contributed by atoms with Crippen LogP contribution < -0.4 is 10.9 Å². The van der Waals surface area contributed by atoms with Gasteiger partial charge in [0.1, 0.15) is 5.69 Å². The fourth-order valence-electron chi connectivity index (χ4n) is 3.51. The molecule has 3 aromatic rings. The number of nitrogens with one attached hydrogen (secondary N) is 1. The fraction of sp³-hybridized carbons (Fsp3) is 0.381. The van der Waals surface area contributed by atoms with Crippen molar-refractivity contribution < 1.29 is 4.79 Å². The number of aromatic nitrogens is 4. The van der Waals surface area contributed by atoms with Crippen molar-refractivity contribution in [3.8, 4) is 5.69 Å². The third-order valence-corrected chi connectivity index (χ3v) is 5.32. The van der Waals surface area contributed by atoms with E-state index in [1.807, 2.05) is 74.8 Å². The molecule has 0 fully saturated rings. The summed E-state index contributed by atoms with van der Waals surface area (Å²) in [5.74, 6) is -0.224. The Balaban J connectivity index is 1.75. The summed E-state index contributed by atoms with van der Waals surface area (Å²) in [5.41, 5.74) is 4.68. The lowest BCUT2D eigenvalue weighted by atomic mass is 10.2. The zero-order chi connectivity index (χ0) is 21.3. The Hall–Kier alpha value is -3.13. The summed E-state index contributed by atoms with van der Waals surface area (Å²) in [6.45, 7) is 6.59. The Morgan fingerprint density at radius 3 is 2.34 bits per heavy atom. The Labute approximate surface area is 170 Å². The van der Waals surface area contributed by atoms with Crippen LogP contribution in [0.5, 0.6) is 0 Å². The maximum Gasteiger partial charge on any atom is 0.295 e. The largest absolute Gasteiger partial charge is 0.319 e. The number of likely N-dealkylation sites (N-methyl/N-ethyl adjacent to an activating group) is 1. The fourth-order valence-corrected chi connectivity index (χ4v) is 3.51. The van der Waals surface area contributed by atoms with Crippen molar-refractivity contribution in [2.24, 2.45) is 14.1 Å². The van der Waals surface area contributed by atoms with Gasteiger partial charge < -0.3 is 5.32 Å². The molecule has 0 unspecified atom stereocenters. The Bertz CT molecular complexity index is 1090. The average Bonchev–Trinajstić information content (AvgIpc) is 3.03. The molecule has 0 saturated heterocycles. The number of benzene rings is 1. The van der Waals surface area contributed by atoms with Crippen molar-refractivity contribution >= 4 is 11.6 Å². The summed E-state index contributed by atoms with van der Waals surface area (Å²) in [6.07, 6.45) is 0. The molecule has 1 amide bonds. The molecule has 0 saturated carbocycles. The van der Waals surface area contributed by atoms with Gasteiger partial charge in [-0.3, -0.25) is 23.9 Å². The van der Waals surface area contributed by atoms with Gasteiger partial charge in [-0.05, 0) is 40.0 Å². The van der Waals surface area contributed by atoms with Crippen molar-refractivity contribution in [2.45, 2.75) is 27.3 Å². The third-order valence-electron chi connectivity index (χ3n) is 5.32. The molecular weight excluding hydrogens is 368 g/mol. The molecule has 0 bridgehead atoms. The van der Waals surface area contributed by atoms with Crippen LogP contribution in [0.1, 0.15) is 22.6 Å². The second-order valence-electron chi connectivity index (χ2n) is 7.43. The molecule has 8 heteroatoms. The Morgan fingerprint density at radius 2 is 1.76 bits per heavy atom. The van der Waals surface area contributed by atoms with Crippen LogP contribution in [0.2, 0.25) is 0 Å². The van der Waals surface area contributed by atoms with Crippen molar-refractivity contribution in [3.63, 3.8) is 0 Å². The summed E-state index contributed by atoms with van der Waals surface area (Å²) in [6, 6.07) is 9.37. The van der Waals surface area contributed by atoms with Crippen molar-refractivity contribution in [3.05, 3.63) is 63.3 Å². The quantitative estimate of drug-likeness (QED) is 0.690. The molecule has 2 heterocycles. The number of amides is 1. The predicted octanol–water partition coefficient (Wildman–Crippen LogP) is 1.91. The highest BCUT2D eigenvalue weighted by Crippen LogP contribution is 2.15. The number of hydrogen-bond donors (Lipinski definition) is 1. The normalized spacial score (nSPS) is 11.3. The predicted molar refractivity (Wildman–Crippen MR) is 113 cm³/mol. The number of anilines is 1. The zero-order valence-electron chi connectivity index (χ0n) is 17.9. The van der Waals surface area contributed by atoms with Crippen LogP contribution in [0.3, 0.4) is 0 Å². The molecular formula is C21H28N6O2. The Morgan fingerprint density at radius 1 is 1.10 bits per heavy atom. The number of carbonyl (C=O) groups excluding carboxylic acids is 1. The second-order valence-corrected chi connectivity index (χ2v) is 7.43. The highest BCUT2D eigenvalue weighted by molar-refractivity contribution is 5.92. The SMILES string of the molecule is Cc1nn(C)c(C)c1CN(C)CC(=O)Nc1c(C)n(C)n(-c2ccccc2)c1=O. The first kappa shape index (κ1) is 20.6. The molecule has 0 atom stereocenters. The molecule has 2 aromatic heterocycles. The number of rotatable bonds is 6. The van der Waals surface area contributed by atoms with E-state index in [0.717, 1.165) is 22.6 Å². The minimum Gasteiger partial charge on any atom is -0.319 e. The Kier molecular flexibility index (Phi) is 5.74. The van der Waals surface area contributed by atoms with Gasteiger partial charge in [-0.1, -0.05) is 18.2 Å². The number of hydrogen-bond acceptors (Lipinski definition) is 4. The van der Waals surface area contributed by atoms with Gasteiger partial charge in [0.2, 0.25) is 5.91 Å².